The van der Waals surface area contributed by atoms with Crippen LogP contribution in [-0.4, -0.2) is 36.9 Å². The van der Waals surface area contributed by atoms with Gasteiger partial charge in [-0.1, -0.05) is 11.6 Å². The van der Waals surface area contributed by atoms with E-state index in [1.165, 1.54) is 4.88 Å². The third kappa shape index (κ3) is 3.78. The Balaban J connectivity index is 1.70. The topological polar surface area (TPSA) is 47.3 Å². The van der Waals surface area contributed by atoms with Crippen LogP contribution in [0.3, 0.4) is 0 Å². The molecular formula is C18H18ClN3OS. The van der Waals surface area contributed by atoms with Gasteiger partial charge in [-0.25, -0.2) is 0 Å². The number of rotatable bonds is 4. The number of thiophene rings is 1. The lowest BCUT2D eigenvalue weighted by Crippen LogP contribution is -2.46. The molecule has 1 aliphatic rings. The molecular weight excluding hydrogens is 342 g/mol. The summed E-state index contributed by atoms with van der Waals surface area (Å²) in [6.45, 7) is 6.00. The summed E-state index contributed by atoms with van der Waals surface area (Å²) < 4.78 is 0.822. The first-order valence-corrected chi connectivity index (χ1v) is 9.03. The van der Waals surface area contributed by atoms with E-state index in [1.807, 2.05) is 12.1 Å². The molecule has 0 saturated carbocycles. The van der Waals surface area contributed by atoms with E-state index in [4.69, 9.17) is 16.9 Å². The zero-order valence-electron chi connectivity index (χ0n) is 13.5. The first-order chi connectivity index (χ1) is 11.6. The van der Waals surface area contributed by atoms with Crippen LogP contribution in [0.15, 0.2) is 30.3 Å². The maximum absolute atomic E-state index is 11.9. The average molecular weight is 360 g/mol. The number of benzene rings is 1. The van der Waals surface area contributed by atoms with Crippen LogP contribution in [0, 0.1) is 11.3 Å². The number of carbonyl (C=O) groups is 1. The van der Waals surface area contributed by atoms with Crippen molar-refractivity contribution in [1.82, 2.24) is 4.90 Å². The first kappa shape index (κ1) is 17.0. The molecule has 1 fully saturated rings. The van der Waals surface area contributed by atoms with E-state index in [0.29, 0.717) is 11.1 Å². The fourth-order valence-electron chi connectivity index (χ4n) is 2.96. The molecule has 0 bridgehead atoms. The van der Waals surface area contributed by atoms with E-state index in [1.54, 1.807) is 30.4 Å². The number of ketones is 1. The van der Waals surface area contributed by atoms with Gasteiger partial charge in [0, 0.05) is 48.9 Å². The van der Waals surface area contributed by atoms with Crippen molar-refractivity contribution in [2.75, 3.05) is 31.1 Å². The molecule has 0 amide bonds. The number of Topliss-reactive ketones (excluding diaryl/α,β-unsaturated/α-hetero) is 1. The van der Waals surface area contributed by atoms with Crippen molar-refractivity contribution < 1.29 is 4.79 Å². The van der Waals surface area contributed by atoms with Crippen LogP contribution in [0.2, 0.25) is 4.34 Å². The summed E-state index contributed by atoms with van der Waals surface area (Å²) >= 11 is 7.61. The molecule has 0 atom stereocenters. The number of hydrogen-bond acceptors (Lipinski definition) is 5. The molecule has 1 saturated heterocycles. The highest BCUT2D eigenvalue weighted by Gasteiger charge is 2.21. The molecule has 0 N–H and O–H groups in total. The number of hydrogen-bond donors (Lipinski definition) is 0. The lowest BCUT2D eigenvalue weighted by Gasteiger charge is -2.36. The third-order valence-electron chi connectivity index (χ3n) is 4.23. The smallest absolute Gasteiger partial charge is 0.161 e. The van der Waals surface area contributed by atoms with Gasteiger partial charge in [0.05, 0.1) is 16.0 Å². The molecule has 1 aromatic carbocycles. The van der Waals surface area contributed by atoms with Crippen LogP contribution in [0.4, 0.5) is 5.69 Å². The fraction of sp³-hybridized carbons (Fsp3) is 0.333. The summed E-state index contributed by atoms with van der Waals surface area (Å²) in [4.78, 5) is 17.7. The van der Waals surface area contributed by atoms with Crippen molar-refractivity contribution in [3.8, 4) is 6.07 Å². The van der Waals surface area contributed by atoms with Crippen LogP contribution < -0.4 is 4.90 Å². The van der Waals surface area contributed by atoms with Crippen LogP contribution in [0.25, 0.3) is 0 Å². The SMILES string of the molecule is CC(=O)c1ccc(C#N)cc1N1CCN(Cc2ccc(Cl)s2)CC1. The molecule has 0 unspecified atom stereocenters. The normalized spacial score (nSPS) is 15.3. The van der Waals surface area contributed by atoms with Gasteiger partial charge in [0.25, 0.3) is 0 Å². The van der Waals surface area contributed by atoms with Gasteiger partial charge in [-0.05, 0) is 37.3 Å². The number of piperazine rings is 1. The second-order valence-corrected chi connectivity index (χ2v) is 7.67. The van der Waals surface area contributed by atoms with E-state index in [0.717, 1.165) is 42.7 Å². The summed E-state index contributed by atoms with van der Waals surface area (Å²) in [6.07, 6.45) is 0. The van der Waals surface area contributed by atoms with Gasteiger partial charge in [-0.2, -0.15) is 5.26 Å². The Morgan fingerprint density at radius 2 is 2.00 bits per heavy atom. The summed E-state index contributed by atoms with van der Waals surface area (Å²) in [6, 6.07) is 11.5. The van der Waals surface area contributed by atoms with Gasteiger partial charge in [-0.15, -0.1) is 11.3 Å². The van der Waals surface area contributed by atoms with Gasteiger partial charge in [0.2, 0.25) is 0 Å². The Morgan fingerprint density at radius 3 is 2.58 bits per heavy atom. The fourth-order valence-corrected chi connectivity index (χ4v) is 4.09. The van der Waals surface area contributed by atoms with Gasteiger partial charge in [-0.3, -0.25) is 9.69 Å². The molecule has 0 spiro atoms. The quantitative estimate of drug-likeness (QED) is 0.779. The van der Waals surface area contributed by atoms with E-state index in [2.05, 4.69) is 21.9 Å². The molecule has 1 aliphatic heterocycles. The minimum absolute atomic E-state index is 0.0325. The molecule has 0 radical (unpaired) electrons. The maximum Gasteiger partial charge on any atom is 0.161 e. The van der Waals surface area contributed by atoms with E-state index >= 15 is 0 Å². The number of carbonyl (C=O) groups excluding carboxylic acids is 1. The Morgan fingerprint density at radius 1 is 1.25 bits per heavy atom. The number of halogens is 1. The zero-order valence-corrected chi connectivity index (χ0v) is 15.0. The Kier molecular flexibility index (Phi) is 5.20. The Bertz CT molecular complexity index is 788. The first-order valence-electron chi connectivity index (χ1n) is 7.83. The number of anilines is 1. The van der Waals surface area contributed by atoms with Crippen LogP contribution >= 0.6 is 22.9 Å². The minimum atomic E-state index is 0.0325. The lowest BCUT2D eigenvalue weighted by molar-refractivity contribution is 0.101. The predicted octanol–water partition coefficient (Wildman–Crippen LogP) is 3.80. The van der Waals surface area contributed by atoms with Crippen LogP contribution in [-0.2, 0) is 6.54 Å². The molecule has 0 aliphatic carbocycles. The monoisotopic (exact) mass is 359 g/mol. The Hall–Kier alpha value is -1.87. The minimum Gasteiger partial charge on any atom is -0.368 e. The number of nitriles is 1. The van der Waals surface area contributed by atoms with Crippen molar-refractivity contribution in [2.24, 2.45) is 0 Å². The molecule has 4 nitrogen and oxygen atoms in total. The second-order valence-electron chi connectivity index (χ2n) is 5.87. The van der Waals surface area contributed by atoms with E-state index in [-0.39, 0.29) is 5.78 Å². The maximum atomic E-state index is 11.9. The summed E-state index contributed by atoms with van der Waals surface area (Å²) in [5, 5.41) is 9.13. The molecule has 2 heterocycles. The molecule has 1 aromatic heterocycles. The third-order valence-corrected chi connectivity index (χ3v) is 5.44. The highest BCUT2D eigenvalue weighted by Crippen LogP contribution is 2.26. The largest absolute Gasteiger partial charge is 0.368 e. The highest BCUT2D eigenvalue weighted by molar-refractivity contribution is 7.16. The zero-order chi connectivity index (χ0) is 17.1. The van der Waals surface area contributed by atoms with Crippen molar-refractivity contribution in [3.05, 3.63) is 50.7 Å². The average Bonchev–Trinajstić information content (AvgIpc) is 2.99. The van der Waals surface area contributed by atoms with Gasteiger partial charge in [0.1, 0.15) is 0 Å². The lowest BCUT2D eigenvalue weighted by atomic mass is 10.0. The highest BCUT2D eigenvalue weighted by atomic mass is 35.5. The van der Waals surface area contributed by atoms with E-state index < -0.39 is 0 Å². The summed E-state index contributed by atoms with van der Waals surface area (Å²) in [7, 11) is 0. The standard InChI is InChI=1S/C18H18ClN3OS/c1-13(23)16-4-2-14(11-20)10-17(16)22-8-6-21(7-9-22)12-15-3-5-18(19)24-15/h2-5,10H,6-9,12H2,1H3. The van der Waals surface area contributed by atoms with Crippen molar-refractivity contribution in [2.45, 2.75) is 13.5 Å². The van der Waals surface area contributed by atoms with Crippen molar-refractivity contribution >= 4 is 34.4 Å². The van der Waals surface area contributed by atoms with Crippen LogP contribution in [0.5, 0.6) is 0 Å². The summed E-state index contributed by atoms with van der Waals surface area (Å²) in [5.74, 6) is 0.0325. The Labute approximate surface area is 150 Å². The molecule has 124 valence electrons. The van der Waals surface area contributed by atoms with Crippen LogP contribution in [0.1, 0.15) is 27.7 Å². The van der Waals surface area contributed by atoms with Gasteiger partial charge in [0.15, 0.2) is 5.78 Å². The molecule has 3 rings (SSSR count). The van der Waals surface area contributed by atoms with Crippen molar-refractivity contribution in [1.29, 1.82) is 5.26 Å². The summed E-state index contributed by atoms with van der Waals surface area (Å²) in [5.41, 5.74) is 2.15. The van der Waals surface area contributed by atoms with Crippen molar-refractivity contribution in [3.63, 3.8) is 0 Å². The predicted molar refractivity (Wildman–Crippen MR) is 98.0 cm³/mol. The molecule has 6 heteroatoms. The van der Waals surface area contributed by atoms with Gasteiger partial charge >= 0.3 is 0 Å². The number of nitrogens with zero attached hydrogens (tertiary/aromatic N) is 3. The second kappa shape index (κ2) is 7.35. The van der Waals surface area contributed by atoms with Gasteiger partial charge < -0.3 is 4.90 Å². The van der Waals surface area contributed by atoms with E-state index in [9.17, 15) is 4.79 Å². The molecule has 24 heavy (non-hydrogen) atoms. The molecule has 2 aromatic rings.